The smallest absolute Gasteiger partial charge is 0.333 e. The standard InChI is InChI=1S/C13H22N4O2/c1-4-9-16-12(11(17(18)19)10(3)15-16)14-13(5-2)7-6-8-13/h14H,4-9H2,1-3H3. The van der Waals surface area contributed by atoms with Crippen molar-refractivity contribution in [1.82, 2.24) is 9.78 Å². The van der Waals surface area contributed by atoms with Crippen LogP contribution in [0.2, 0.25) is 0 Å². The number of nitro groups is 1. The molecule has 0 unspecified atom stereocenters. The van der Waals surface area contributed by atoms with Gasteiger partial charge in [0.15, 0.2) is 0 Å². The minimum absolute atomic E-state index is 0.0305. The maximum Gasteiger partial charge on any atom is 0.333 e. The SMILES string of the molecule is CCCn1nc(C)c([N+](=O)[O-])c1NC1(CC)CCC1. The van der Waals surface area contributed by atoms with E-state index in [1.54, 1.807) is 11.6 Å². The third-order valence-electron chi connectivity index (χ3n) is 4.08. The molecule has 0 aromatic carbocycles. The van der Waals surface area contributed by atoms with Gasteiger partial charge < -0.3 is 5.32 Å². The van der Waals surface area contributed by atoms with E-state index in [2.05, 4.69) is 17.3 Å². The normalized spacial score (nSPS) is 17.0. The Morgan fingerprint density at radius 3 is 2.58 bits per heavy atom. The highest BCUT2D eigenvalue weighted by Crippen LogP contribution is 2.40. The van der Waals surface area contributed by atoms with Gasteiger partial charge in [0.05, 0.1) is 4.92 Å². The molecule has 1 aromatic heterocycles. The third-order valence-corrected chi connectivity index (χ3v) is 4.08. The fourth-order valence-corrected chi connectivity index (χ4v) is 2.71. The minimum atomic E-state index is -0.321. The zero-order valence-corrected chi connectivity index (χ0v) is 11.9. The third kappa shape index (κ3) is 2.43. The van der Waals surface area contributed by atoms with Crippen molar-refractivity contribution in [1.29, 1.82) is 0 Å². The first-order valence-electron chi connectivity index (χ1n) is 7.03. The van der Waals surface area contributed by atoms with E-state index in [4.69, 9.17) is 0 Å². The number of anilines is 1. The number of nitrogens with zero attached hydrogens (tertiary/aromatic N) is 3. The molecule has 0 aliphatic heterocycles. The van der Waals surface area contributed by atoms with Crippen molar-refractivity contribution in [2.24, 2.45) is 0 Å². The van der Waals surface area contributed by atoms with Gasteiger partial charge in [0.1, 0.15) is 5.69 Å². The van der Waals surface area contributed by atoms with Gasteiger partial charge in [-0.25, -0.2) is 4.68 Å². The van der Waals surface area contributed by atoms with Crippen LogP contribution in [0.1, 0.15) is 51.6 Å². The minimum Gasteiger partial charge on any atom is -0.359 e. The Bertz CT molecular complexity index is 472. The molecule has 0 atom stereocenters. The van der Waals surface area contributed by atoms with Crippen LogP contribution in [0.4, 0.5) is 11.5 Å². The Morgan fingerprint density at radius 2 is 2.16 bits per heavy atom. The molecule has 1 aliphatic carbocycles. The van der Waals surface area contributed by atoms with Gasteiger partial charge in [-0.3, -0.25) is 10.1 Å². The number of hydrogen-bond acceptors (Lipinski definition) is 4. The summed E-state index contributed by atoms with van der Waals surface area (Å²) >= 11 is 0. The second-order valence-corrected chi connectivity index (χ2v) is 5.38. The topological polar surface area (TPSA) is 73.0 Å². The van der Waals surface area contributed by atoms with Gasteiger partial charge in [-0.2, -0.15) is 5.10 Å². The lowest BCUT2D eigenvalue weighted by Crippen LogP contribution is -2.45. The molecule has 0 radical (unpaired) electrons. The lowest BCUT2D eigenvalue weighted by Gasteiger charge is -2.42. The highest BCUT2D eigenvalue weighted by Gasteiger charge is 2.38. The van der Waals surface area contributed by atoms with E-state index in [0.717, 1.165) is 25.7 Å². The number of rotatable bonds is 6. The second-order valence-electron chi connectivity index (χ2n) is 5.38. The zero-order chi connectivity index (χ0) is 14.0. The summed E-state index contributed by atoms with van der Waals surface area (Å²) in [4.78, 5) is 10.9. The molecule has 0 bridgehead atoms. The molecule has 1 aliphatic rings. The van der Waals surface area contributed by atoms with E-state index in [-0.39, 0.29) is 16.1 Å². The first-order chi connectivity index (χ1) is 9.03. The molecule has 0 saturated heterocycles. The van der Waals surface area contributed by atoms with Crippen molar-refractivity contribution in [3.05, 3.63) is 15.8 Å². The Morgan fingerprint density at radius 1 is 1.47 bits per heavy atom. The van der Waals surface area contributed by atoms with E-state index in [1.807, 2.05) is 6.92 Å². The van der Waals surface area contributed by atoms with Crippen LogP contribution in [0.3, 0.4) is 0 Å². The Kier molecular flexibility index (Phi) is 3.78. The van der Waals surface area contributed by atoms with Crippen LogP contribution in [0, 0.1) is 17.0 Å². The summed E-state index contributed by atoms with van der Waals surface area (Å²) in [7, 11) is 0. The molecule has 1 fully saturated rings. The van der Waals surface area contributed by atoms with Crippen molar-refractivity contribution in [3.63, 3.8) is 0 Å². The van der Waals surface area contributed by atoms with Gasteiger partial charge in [-0.05, 0) is 39.0 Å². The van der Waals surface area contributed by atoms with E-state index in [9.17, 15) is 10.1 Å². The molecule has 1 aromatic rings. The summed E-state index contributed by atoms with van der Waals surface area (Å²) in [5, 5.41) is 19.0. The highest BCUT2D eigenvalue weighted by molar-refractivity contribution is 5.61. The molecular weight excluding hydrogens is 244 g/mol. The van der Waals surface area contributed by atoms with E-state index >= 15 is 0 Å². The van der Waals surface area contributed by atoms with Crippen LogP contribution in [0.15, 0.2) is 0 Å². The van der Waals surface area contributed by atoms with E-state index in [0.29, 0.717) is 18.1 Å². The molecule has 6 heteroatoms. The monoisotopic (exact) mass is 266 g/mol. The molecule has 19 heavy (non-hydrogen) atoms. The molecule has 1 N–H and O–H groups in total. The Hall–Kier alpha value is -1.59. The fraction of sp³-hybridized carbons (Fsp3) is 0.769. The Labute approximate surface area is 113 Å². The first kappa shape index (κ1) is 13.8. The summed E-state index contributed by atoms with van der Waals surface area (Å²) in [6.45, 7) is 6.59. The van der Waals surface area contributed by atoms with Gasteiger partial charge in [0.25, 0.3) is 0 Å². The summed E-state index contributed by atoms with van der Waals surface area (Å²) in [5.74, 6) is 0.589. The zero-order valence-electron chi connectivity index (χ0n) is 11.9. The van der Waals surface area contributed by atoms with E-state index in [1.165, 1.54) is 6.42 Å². The lowest BCUT2D eigenvalue weighted by molar-refractivity contribution is -0.384. The second kappa shape index (κ2) is 5.19. The number of aryl methyl sites for hydroxylation is 2. The summed E-state index contributed by atoms with van der Waals surface area (Å²) in [6, 6.07) is 0. The van der Waals surface area contributed by atoms with Gasteiger partial charge in [-0.1, -0.05) is 13.8 Å². The summed E-state index contributed by atoms with van der Waals surface area (Å²) in [5.41, 5.74) is 0.655. The van der Waals surface area contributed by atoms with Gasteiger partial charge in [-0.15, -0.1) is 0 Å². The molecule has 6 nitrogen and oxygen atoms in total. The maximum atomic E-state index is 11.3. The average Bonchev–Trinajstić information content (AvgIpc) is 2.60. The van der Waals surface area contributed by atoms with Crippen LogP contribution in [-0.2, 0) is 6.54 Å². The maximum absolute atomic E-state index is 11.3. The van der Waals surface area contributed by atoms with Crippen LogP contribution < -0.4 is 5.32 Å². The number of hydrogen-bond donors (Lipinski definition) is 1. The first-order valence-corrected chi connectivity index (χ1v) is 7.03. The van der Waals surface area contributed by atoms with Gasteiger partial charge in [0.2, 0.25) is 5.82 Å². The van der Waals surface area contributed by atoms with Crippen LogP contribution in [0.25, 0.3) is 0 Å². The van der Waals surface area contributed by atoms with Crippen molar-refractivity contribution < 1.29 is 4.92 Å². The predicted octanol–water partition coefficient (Wildman–Crippen LogP) is 3.25. The molecule has 2 rings (SSSR count). The van der Waals surface area contributed by atoms with Gasteiger partial charge in [0, 0.05) is 12.1 Å². The van der Waals surface area contributed by atoms with E-state index < -0.39 is 0 Å². The van der Waals surface area contributed by atoms with Crippen LogP contribution >= 0.6 is 0 Å². The molecule has 1 heterocycles. The highest BCUT2D eigenvalue weighted by atomic mass is 16.6. The van der Waals surface area contributed by atoms with Crippen LogP contribution in [-0.4, -0.2) is 20.2 Å². The number of aromatic nitrogens is 2. The largest absolute Gasteiger partial charge is 0.359 e. The van der Waals surface area contributed by atoms with Crippen molar-refractivity contribution in [2.75, 3.05) is 5.32 Å². The van der Waals surface area contributed by atoms with Crippen LogP contribution in [0.5, 0.6) is 0 Å². The Balaban J connectivity index is 2.37. The van der Waals surface area contributed by atoms with Crippen molar-refractivity contribution >= 4 is 11.5 Å². The average molecular weight is 266 g/mol. The fourth-order valence-electron chi connectivity index (χ4n) is 2.71. The summed E-state index contributed by atoms with van der Waals surface area (Å²) < 4.78 is 1.75. The molecular formula is C13H22N4O2. The van der Waals surface area contributed by atoms with Crippen molar-refractivity contribution in [2.45, 2.75) is 65.0 Å². The predicted molar refractivity (Wildman–Crippen MR) is 74.4 cm³/mol. The van der Waals surface area contributed by atoms with Crippen molar-refractivity contribution in [3.8, 4) is 0 Å². The van der Waals surface area contributed by atoms with Gasteiger partial charge >= 0.3 is 5.69 Å². The summed E-state index contributed by atoms with van der Waals surface area (Å²) in [6.07, 6.45) is 5.25. The quantitative estimate of drug-likeness (QED) is 0.633. The molecule has 0 spiro atoms. The molecule has 1 saturated carbocycles. The lowest BCUT2D eigenvalue weighted by atomic mass is 9.75. The number of nitrogens with one attached hydrogen (secondary N) is 1. The molecule has 0 amide bonds. The molecule has 106 valence electrons.